The van der Waals surface area contributed by atoms with Crippen molar-refractivity contribution in [1.82, 2.24) is 24.8 Å². The SMILES string of the molecule is CC(C)[C@@H](NC(=O)N1CCC2(C1)Oc1ccccc1O2)c1nnc2ccccn12. The Hall–Kier alpha value is -3.29. The van der Waals surface area contributed by atoms with Gasteiger partial charge in [-0.15, -0.1) is 10.2 Å². The standard InChI is InChI=1S/C21H23N5O3/c1-14(2)18(19-24-23-17-9-5-6-11-26(17)19)22-20(27)25-12-10-21(13-25)28-15-7-3-4-8-16(15)29-21/h3-9,11,14,18H,10,12-13H2,1-2H3,(H,22,27)/t18-/m1/s1. The highest BCUT2D eigenvalue weighted by molar-refractivity contribution is 5.75. The van der Waals surface area contributed by atoms with Crippen molar-refractivity contribution in [2.75, 3.05) is 13.1 Å². The Kier molecular flexibility index (Phi) is 4.08. The molecule has 8 nitrogen and oxygen atoms in total. The van der Waals surface area contributed by atoms with Crippen molar-refractivity contribution in [2.24, 2.45) is 5.92 Å². The second-order valence-electron chi connectivity index (χ2n) is 7.89. The van der Waals surface area contributed by atoms with Crippen molar-refractivity contribution in [1.29, 1.82) is 0 Å². The normalized spacial score (nSPS) is 18.0. The Morgan fingerprint density at radius 2 is 1.83 bits per heavy atom. The maximum Gasteiger partial charge on any atom is 0.318 e. The number of amides is 2. The fraction of sp³-hybridized carbons (Fsp3) is 0.381. The van der Waals surface area contributed by atoms with Crippen molar-refractivity contribution < 1.29 is 14.3 Å². The van der Waals surface area contributed by atoms with Crippen LogP contribution >= 0.6 is 0 Å². The van der Waals surface area contributed by atoms with E-state index < -0.39 is 5.79 Å². The number of hydrogen-bond acceptors (Lipinski definition) is 5. The zero-order chi connectivity index (χ0) is 20.0. The Bertz CT molecular complexity index is 1040. The lowest BCUT2D eigenvalue weighted by Gasteiger charge is -2.26. The van der Waals surface area contributed by atoms with Crippen LogP contribution in [0.4, 0.5) is 4.79 Å². The summed E-state index contributed by atoms with van der Waals surface area (Å²) >= 11 is 0. The van der Waals surface area contributed by atoms with E-state index in [4.69, 9.17) is 9.47 Å². The van der Waals surface area contributed by atoms with E-state index in [1.54, 1.807) is 4.90 Å². The molecule has 1 aromatic carbocycles. The summed E-state index contributed by atoms with van der Waals surface area (Å²) in [5, 5.41) is 11.7. The number of likely N-dealkylation sites (tertiary alicyclic amines) is 1. The molecule has 1 fully saturated rings. The van der Waals surface area contributed by atoms with E-state index in [9.17, 15) is 4.79 Å². The van der Waals surface area contributed by atoms with E-state index in [-0.39, 0.29) is 18.0 Å². The number of pyridine rings is 1. The largest absolute Gasteiger partial charge is 0.447 e. The van der Waals surface area contributed by atoms with E-state index in [0.29, 0.717) is 19.5 Å². The van der Waals surface area contributed by atoms with Crippen molar-refractivity contribution in [3.8, 4) is 11.5 Å². The summed E-state index contributed by atoms with van der Waals surface area (Å²) < 4.78 is 14.0. The third-order valence-corrected chi connectivity index (χ3v) is 5.49. The van der Waals surface area contributed by atoms with Gasteiger partial charge in [0.2, 0.25) is 0 Å². The zero-order valence-corrected chi connectivity index (χ0v) is 16.4. The molecule has 0 bridgehead atoms. The minimum Gasteiger partial charge on any atom is -0.447 e. The van der Waals surface area contributed by atoms with Crippen LogP contribution < -0.4 is 14.8 Å². The highest BCUT2D eigenvalue weighted by Crippen LogP contribution is 2.42. The molecule has 2 aromatic heterocycles. The molecule has 5 rings (SSSR count). The van der Waals surface area contributed by atoms with Crippen molar-refractivity contribution >= 4 is 11.7 Å². The molecule has 0 unspecified atom stereocenters. The van der Waals surface area contributed by atoms with Gasteiger partial charge in [-0.1, -0.05) is 32.0 Å². The quantitative estimate of drug-likeness (QED) is 0.740. The van der Waals surface area contributed by atoms with Crippen LogP contribution in [0.2, 0.25) is 0 Å². The van der Waals surface area contributed by atoms with E-state index in [2.05, 4.69) is 29.4 Å². The molecule has 0 saturated carbocycles. The monoisotopic (exact) mass is 393 g/mol. The number of aromatic nitrogens is 3. The summed E-state index contributed by atoms with van der Waals surface area (Å²) in [7, 11) is 0. The first-order chi connectivity index (χ1) is 14.0. The summed E-state index contributed by atoms with van der Waals surface area (Å²) in [6.45, 7) is 5.05. The molecule has 1 N–H and O–H groups in total. The van der Waals surface area contributed by atoms with Crippen molar-refractivity contribution in [2.45, 2.75) is 32.1 Å². The number of nitrogens with zero attached hydrogens (tertiary/aromatic N) is 4. The van der Waals surface area contributed by atoms with Crippen LogP contribution in [0.1, 0.15) is 32.1 Å². The van der Waals surface area contributed by atoms with E-state index in [1.807, 2.05) is 53.1 Å². The topological polar surface area (TPSA) is 81.0 Å². The molecule has 1 atom stereocenters. The van der Waals surface area contributed by atoms with Gasteiger partial charge in [-0.2, -0.15) is 0 Å². The van der Waals surface area contributed by atoms with Crippen LogP contribution in [0.3, 0.4) is 0 Å². The Labute approximate surface area is 168 Å². The number of benzene rings is 1. The molecule has 0 aliphatic carbocycles. The van der Waals surface area contributed by atoms with Crippen LogP contribution in [0.25, 0.3) is 5.65 Å². The molecule has 3 aromatic rings. The lowest BCUT2D eigenvalue weighted by atomic mass is 10.0. The number of urea groups is 1. The van der Waals surface area contributed by atoms with Crippen LogP contribution in [0, 0.1) is 5.92 Å². The molecular formula is C21H23N5O3. The maximum atomic E-state index is 13.1. The van der Waals surface area contributed by atoms with Crippen molar-refractivity contribution in [3.05, 3.63) is 54.5 Å². The van der Waals surface area contributed by atoms with Gasteiger partial charge in [0, 0.05) is 19.2 Å². The number of ether oxygens (including phenoxy) is 2. The summed E-state index contributed by atoms with van der Waals surface area (Å²) in [5.74, 6) is 1.52. The lowest BCUT2D eigenvalue weighted by molar-refractivity contribution is -0.0650. The van der Waals surface area contributed by atoms with Gasteiger partial charge in [-0.25, -0.2) is 4.79 Å². The first-order valence-corrected chi connectivity index (χ1v) is 9.87. The average Bonchev–Trinajstić information content (AvgIpc) is 3.42. The molecule has 0 radical (unpaired) electrons. The first-order valence-electron chi connectivity index (χ1n) is 9.87. The Morgan fingerprint density at radius 1 is 1.10 bits per heavy atom. The fourth-order valence-electron chi connectivity index (χ4n) is 3.96. The maximum absolute atomic E-state index is 13.1. The van der Waals surface area contributed by atoms with Crippen molar-refractivity contribution in [3.63, 3.8) is 0 Å². The molecule has 1 spiro atoms. The van der Waals surface area contributed by atoms with E-state index in [0.717, 1.165) is 23.0 Å². The van der Waals surface area contributed by atoms with Gasteiger partial charge >= 0.3 is 6.03 Å². The molecule has 2 aliphatic rings. The molecule has 1 saturated heterocycles. The van der Waals surface area contributed by atoms with Gasteiger partial charge in [-0.3, -0.25) is 4.40 Å². The zero-order valence-electron chi connectivity index (χ0n) is 16.4. The number of hydrogen-bond donors (Lipinski definition) is 1. The lowest BCUT2D eigenvalue weighted by Crippen LogP contribution is -2.47. The third-order valence-electron chi connectivity index (χ3n) is 5.49. The molecule has 2 aliphatic heterocycles. The van der Waals surface area contributed by atoms with Gasteiger partial charge in [0.05, 0.1) is 12.6 Å². The fourth-order valence-corrected chi connectivity index (χ4v) is 3.96. The predicted molar refractivity (Wildman–Crippen MR) is 106 cm³/mol. The molecule has 4 heterocycles. The minimum atomic E-state index is -0.796. The number of carbonyl (C=O) groups excluding carboxylic acids is 1. The van der Waals surface area contributed by atoms with Gasteiger partial charge in [0.1, 0.15) is 0 Å². The summed E-state index contributed by atoms with van der Waals surface area (Å²) in [4.78, 5) is 14.8. The summed E-state index contributed by atoms with van der Waals surface area (Å²) in [6.07, 6.45) is 2.53. The van der Waals surface area contributed by atoms with Gasteiger partial charge in [-0.05, 0) is 30.2 Å². The Morgan fingerprint density at radius 3 is 2.55 bits per heavy atom. The predicted octanol–water partition coefficient (Wildman–Crippen LogP) is 3.01. The number of para-hydroxylation sites is 2. The van der Waals surface area contributed by atoms with Gasteiger partial charge in [0.25, 0.3) is 5.79 Å². The molecule has 29 heavy (non-hydrogen) atoms. The van der Waals surface area contributed by atoms with Crippen LogP contribution in [0.15, 0.2) is 48.7 Å². The second kappa shape index (κ2) is 6.65. The summed E-state index contributed by atoms with van der Waals surface area (Å²) in [5.41, 5.74) is 0.757. The minimum absolute atomic E-state index is 0.145. The van der Waals surface area contributed by atoms with E-state index in [1.165, 1.54) is 0 Å². The number of carbonyl (C=O) groups is 1. The van der Waals surface area contributed by atoms with Gasteiger partial charge < -0.3 is 19.7 Å². The molecule has 150 valence electrons. The smallest absolute Gasteiger partial charge is 0.318 e. The summed E-state index contributed by atoms with van der Waals surface area (Å²) in [6, 6.07) is 12.9. The third kappa shape index (κ3) is 3.04. The van der Waals surface area contributed by atoms with Crippen LogP contribution in [-0.4, -0.2) is 44.4 Å². The first kappa shape index (κ1) is 17.8. The van der Waals surface area contributed by atoms with Gasteiger partial charge in [0.15, 0.2) is 23.0 Å². The Balaban J connectivity index is 1.32. The second-order valence-corrected chi connectivity index (χ2v) is 7.89. The van der Waals surface area contributed by atoms with Crippen LogP contribution in [0.5, 0.6) is 11.5 Å². The molecular weight excluding hydrogens is 370 g/mol. The molecule has 8 heteroatoms. The van der Waals surface area contributed by atoms with Crippen LogP contribution in [-0.2, 0) is 0 Å². The highest BCUT2D eigenvalue weighted by Gasteiger charge is 2.49. The average molecular weight is 393 g/mol. The highest BCUT2D eigenvalue weighted by atomic mass is 16.7. The number of nitrogens with one attached hydrogen (secondary N) is 1. The molecule has 2 amide bonds. The number of rotatable bonds is 3. The number of fused-ring (bicyclic) bond motifs is 2. The van der Waals surface area contributed by atoms with E-state index >= 15 is 0 Å².